The van der Waals surface area contributed by atoms with Gasteiger partial charge in [0.1, 0.15) is 0 Å². The van der Waals surface area contributed by atoms with Crippen LogP contribution in [0.4, 0.5) is 0 Å². The molecule has 0 aliphatic rings. The number of methoxy groups -OCH3 is 1. The van der Waals surface area contributed by atoms with Crippen molar-refractivity contribution >= 4 is 5.97 Å². The van der Waals surface area contributed by atoms with E-state index in [2.05, 4.69) is 5.32 Å². The van der Waals surface area contributed by atoms with Crippen LogP contribution in [0.1, 0.15) is 19.8 Å². The Morgan fingerprint density at radius 3 is 2.77 bits per heavy atom. The van der Waals surface area contributed by atoms with Crippen LogP contribution in [0.25, 0.3) is 0 Å². The maximum absolute atomic E-state index is 11.0. The highest BCUT2D eigenvalue weighted by Crippen LogP contribution is 1.88. The van der Waals surface area contributed by atoms with Gasteiger partial charge in [0.15, 0.2) is 0 Å². The summed E-state index contributed by atoms with van der Waals surface area (Å²) >= 11 is 0. The summed E-state index contributed by atoms with van der Waals surface area (Å²) < 4.78 is 9.75. The van der Waals surface area contributed by atoms with E-state index in [1.54, 1.807) is 7.11 Å². The molecule has 0 radical (unpaired) electrons. The summed E-state index contributed by atoms with van der Waals surface area (Å²) in [5, 5.41) is 3.06. The molecule has 0 fully saturated rings. The normalized spacial score (nSPS) is 10.0. The van der Waals surface area contributed by atoms with Gasteiger partial charge in [0.25, 0.3) is 0 Å². The fraction of sp³-hybridized carbons (Fsp3) is 0.889. The molecule has 4 heteroatoms. The zero-order valence-corrected chi connectivity index (χ0v) is 8.47. The summed E-state index contributed by atoms with van der Waals surface area (Å²) in [6.07, 6.45) is 1.21. The summed E-state index contributed by atoms with van der Waals surface area (Å²) in [6, 6.07) is 0. The minimum absolute atomic E-state index is 0.142. The minimum Gasteiger partial charge on any atom is -0.466 e. The van der Waals surface area contributed by atoms with Gasteiger partial charge < -0.3 is 14.8 Å². The Balaban J connectivity index is 3.11. The van der Waals surface area contributed by atoms with Gasteiger partial charge in [-0.3, -0.25) is 4.79 Å². The molecule has 0 aromatic rings. The first kappa shape index (κ1) is 12.4. The van der Waals surface area contributed by atoms with Crippen LogP contribution < -0.4 is 5.32 Å². The maximum atomic E-state index is 11.0. The second-order valence-corrected chi connectivity index (χ2v) is 2.67. The molecule has 0 amide bonds. The monoisotopic (exact) mass is 189 g/mol. The van der Waals surface area contributed by atoms with Gasteiger partial charge in [-0.2, -0.15) is 0 Å². The highest BCUT2D eigenvalue weighted by molar-refractivity contribution is 5.69. The van der Waals surface area contributed by atoms with Gasteiger partial charge in [-0.1, -0.05) is 6.92 Å². The number of ether oxygens (including phenoxy) is 2. The number of carbonyl (C=O) groups is 1. The molecule has 0 bridgehead atoms. The second-order valence-electron chi connectivity index (χ2n) is 2.67. The third-order valence-electron chi connectivity index (χ3n) is 1.51. The topological polar surface area (TPSA) is 47.6 Å². The molecule has 13 heavy (non-hydrogen) atoms. The average Bonchev–Trinajstić information content (AvgIpc) is 2.13. The third-order valence-corrected chi connectivity index (χ3v) is 1.51. The van der Waals surface area contributed by atoms with Gasteiger partial charge in [0.2, 0.25) is 0 Å². The molecule has 0 atom stereocenters. The van der Waals surface area contributed by atoms with Crippen LogP contribution in [0.3, 0.4) is 0 Å². The maximum Gasteiger partial charge on any atom is 0.307 e. The lowest BCUT2D eigenvalue weighted by molar-refractivity contribution is -0.143. The molecule has 0 aromatic heterocycles. The van der Waals surface area contributed by atoms with Crippen molar-refractivity contribution < 1.29 is 14.3 Å². The van der Waals surface area contributed by atoms with E-state index in [0.717, 1.165) is 13.0 Å². The molecule has 0 heterocycles. The lowest BCUT2D eigenvalue weighted by Gasteiger charge is -2.04. The van der Waals surface area contributed by atoms with Gasteiger partial charge >= 0.3 is 5.97 Å². The lowest BCUT2D eigenvalue weighted by Crippen LogP contribution is -2.19. The van der Waals surface area contributed by atoms with Crippen LogP contribution in [0.15, 0.2) is 0 Å². The largest absolute Gasteiger partial charge is 0.466 e. The summed E-state index contributed by atoms with van der Waals surface area (Å²) in [7, 11) is 1.63. The van der Waals surface area contributed by atoms with E-state index in [0.29, 0.717) is 26.2 Å². The molecule has 0 spiro atoms. The van der Waals surface area contributed by atoms with Crippen LogP contribution >= 0.6 is 0 Å². The molecule has 1 N–H and O–H groups in total. The van der Waals surface area contributed by atoms with Gasteiger partial charge in [-0.15, -0.1) is 0 Å². The number of rotatable bonds is 8. The Hall–Kier alpha value is -0.610. The SMILES string of the molecule is CCNCCC(=O)OCCCOC. The molecule has 0 aliphatic heterocycles. The molecule has 0 saturated heterocycles. The first-order chi connectivity index (χ1) is 6.31. The molecular weight excluding hydrogens is 170 g/mol. The highest BCUT2D eigenvalue weighted by atomic mass is 16.5. The van der Waals surface area contributed by atoms with Gasteiger partial charge in [0.05, 0.1) is 13.0 Å². The van der Waals surface area contributed by atoms with Crippen LogP contribution in [0.5, 0.6) is 0 Å². The van der Waals surface area contributed by atoms with Gasteiger partial charge in [0, 0.05) is 26.7 Å². The summed E-state index contributed by atoms with van der Waals surface area (Å²) in [6.45, 7) is 4.68. The Morgan fingerprint density at radius 2 is 2.15 bits per heavy atom. The summed E-state index contributed by atoms with van der Waals surface area (Å²) in [5.74, 6) is -0.142. The fourth-order valence-electron chi connectivity index (χ4n) is 0.829. The zero-order valence-electron chi connectivity index (χ0n) is 8.47. The minimum atomic E-state index is -0.142. The van der Waals surface area contributed by atoms with Crippen molar-refractivity contribution in [3.63, 3.8) is 0 Å². The molecule has 0 saturated carbocycles. The Bertz CT molecular complexity index is 128. The van der Waals surface area contributed by atoms with Crippen molar-refractivity contribution in [1.29, 1.82) is 0 Å². The average molecular weight is 189 g/mol. The zero-order chi connectivity index (χ0) is 9.94. The van der Waals surface area contributed by atoms with Crippen molar-refractivity contribution in [2.45, 2.75) is 19.8 Å². The van der Waals surface area contributed by atoms with Crippen LogP contribution in [-0.2, 0) is 14.3 Å². The molecule has 0 aromatic carbocycles. The summed E-state index contributed by atoms with van der Waals surface area (Å²) in [5.41, 5.74) is 0. The number of esters is 1. The first-order valence-corrected chi connectivity index (χ1v) is 4.66. The summed E-state index contributed by atoms with van der Waals surface area (Å²) in [4.78, 5) is 11.0. The molecule has 4 nitrogen and oxygen atoms in total. The van der Waals surface area contributed by atoms with Gasteiger partial charge in [-0.05, 0) is 6.54 Å². The molecule has 0 unspecified atom stereocenters. The Kier molecular flexibility index (Phi) is 9.03. The molecular formula is C9H19NO3. The van der Waals surface area contributed by atoms with Gasteiger partial charge in [-0.25, -0.2) is 0 Å². The van der Waals surface area contributed by atoms with E-state index in [1.807, 2.05) is 6.92 Å². The van der Waals surface area contributed by atoms with E-state index in [1.165, 1.54) is 0 Å². The number of nitrogens with one attached hydrogen (secondary N) is 1. The van der Waals surface area contributed by atoms with Crippen molar-refractivity contribution in [2.24, 2.45) is 0 Å². The highest BCUT2D eigenvalue weighted by Gasteiger charge is 2.00. The Labute approximate surface area is 79.6 Å². The molecule has 78 valence electrons. The predicted octanol–water partition coefficient (Wildman–Crippen LogP) is 0.566. The van der Waals surface area contributed by atoms with E-state index < -0.39 is 0 Å². The van der Waals surface area contributed by atoms with Crippen molar-refractivity contribution in [1.82, 2.24) is 5.32 Å². The molecule has 0 aliphatic carbocycles. The fourth-order valence-corrected chi connectivity index (χ4v) is 0.829. The molecule has 0 rings (SSSR count). The quantitative estimate of drug-likeness (QED) is 0.448. The van der Waals surface area contributed by atoms with Crippen molar-refractivity contribution in [3.8, 4) is 0 Å². The first-order valence-electron chi connectivity index (χ1n) is 4.66. The van der Waals surface area contributed by atoms with E-state index in [9.17, 15) is 4.79 Å². The van der Waals surface area contributed by atoms with Crippen LogP contribution in [0.2, 0.25) is 0 Å². The van der Waals surface area contributed by atoms with Crippen LogP contribution in [0, 0.1) is 0 Å². The standard InChI is InChI=1S/C9H19NO3/c1-3-10-6-5-9(11)13-8-4-7-12-2/h10H,3-8H2,1-2H3. The predicted molar refractivity (Wildman–Crippen MR) is 50.6 cm³/mol. The number of hydrogen-bond acceptors (Lipinski definition) is 4. The van der Waals surface area contributed by atoms with E-state index >= 15 is 0 Å². The Morgan fingerprint density at radius 1 is 1.38 bits per heavy atom. The smallest absolute Gasteiger partial charge is 0.307 e. The van der Waals surface area contributed by atoms with Crippen molar-refractivity contribution in [3.05, 3.63) is 0 Å². The van der Waals surface area contributed by atoms with Crippen molar-refractivity contribution in [2.75, 3.05) is 33.4 Å². The van der Waals surface area contributed by atoms with Crippen LogP contribution in [-0.4, -0.2) is 39.4 Å². The van der Waals surface area contributed by atoms with E-state index in [4.69, 9.17) is 9.47 Å². The number of hydrogen-bond donors (Lipinski definition) is 1. The number of carbonyl (C=O) groups excluding carboxylic acids is 1. The third kappa shape index (κ3) is 9.30. The van der Waals surface area contributed by atoms with E-state index in [-0.39, 0.29) is 5.97 Å². The second kappa shape index (κ2) is 9.48. The lowest BCUT2D eigenvalue weighted by atomic mass is 10.4.